The van der Waals surface area contributed by atoms with Gasteiger partial charge in [0.25, 0.3) is 5.91 Å². The quantitative estimate of drug-likeness (QED) is 0.787. The third kappa shape index (κ3) is 4.65. The Balaban J connectivity index is 1.52. The van der Waals surface area contributed by atoms with E-state index in [0.717, 1.165) is 24.2 Å². The number of hydrogen-bond donors (Lipinski definition) is 2. The lowest BCUT2D eigenvalue weighted by molar-refractivity contribution is -0.156. The van der Waals surface area contributed by atoms with Crippen molar-refractivity contribution in [3.05, 3.63) is 59.7 Å². The first-order chi connectivity index (χ1) is 12.6. The lowest BCUT2D eigenvalue weighted by atomic mass is 9.91. The molecule has 1 saturated heterocycles. The average molecular weight is 354 g/mol. The fourth-order valence-corrected chi connectivity index (χ4v) is 3.26. The van der Waals surface area contributed by atoms with Gasteiger partial charge in [0.05, 0.1) is 11.4 Å². The molecule has 0 radical (unpaired) electrons. The zero-order valence-electron chi connectivity index (χ0n) is 15.2. The van der Waals surface area contributed by atoms with E-state index in [1.807, 2.05) is 25.1 Å². The van der Waals surface area contributed by atoms with Gasteiger partial charge in [-0.1, -0.05) is 30.3 Å². The SMILES string of the molecule is Cc1cnc(CNCC2(O)CCCN(CCc3ccccc3)C2=O)cn1. The second-order valence-corrected chi connectivity index (χ2v) is 6.92. The molecule has 1 unspecified atom stereocenters. The van der Waals surface area contributed by atoms with Crippen LogP contribution in [0.1, 0.15) is 29.8 Å². The van der Waals surface area contributed by atoms with Crippen molar-refractivity contribution >= 4 is 5.91 Å². The first-order valence-electron chi connectivity index (χ1n) is 9.11. The molecular weight excluding hydrogens is 328 g/mol. The Bertz CT molecular complexity index is 720. The van der Waals surface area contributed by atoms with Gasteiger partial charge in [-0.05, 0) is 31.7 Å². The van der Waals surface area contributed by atoms with Crippen LogP contribution < -0.4 is 5.32 Å². The summed E-state index contributed by atoms with van der Waals surface area (Å²) >= 11 is 0. The van der Waals surface area contributed by atoms with Gasteiger partial charge in [-0.2, -0.15) is 0 Å². The normalized spacial score (nSPS) is 20.4. The number of rotatable bonds is 7. The summed E-state index contributed by atoms with van der Waals surface area (Å²) in [5.74, 6) is -0.179. The maximum absolute atomic E-state index is 12.8. The lowest BCUT2D eigenvalue weighted by Crippen LogP contribution is -2.58. The van der Waals surface area contributed by atoms with Crippen molar-refractivity contribution in [2.75, 3.05) is 19.6 Å². The minimum Gasteiger partial charge on any atom is -0.379 e. The minimum atomic E-state index is -1.34. The van der Waals surface area contributed by atoms with E-state index >= 15 is 0 Å². The molecule has 2 N–H and O–H groups in total. The van der Waals surface area contributed by atoms with Crippen molar-refractivity contribution in [3.8, 4) is 0 Å². The monoisotopic (exact) mass is 354 g/mol. The maximum Gasteiger partial charge on any atom is 0.255 e. The van der Waals surface area contributed by atoms with Gasteiger partial charge >= 0.3 is 0 Å². The predicted molar refractivity (Wildman–Crippen MR) is 99.4 cm³/mol. The number of hydrogen-bond acceptors (Lipinski definition) is 5. The Morgan fingerprint density at radius 3 is 2.77 bits per heavy atom. The van der Waals surface area contributed by atoms with Gasteiger partial charge in [-0.25, -0.2) is 0 Å². The van der Waals surface area contributed by atoms with Gasteiger partial charge in [0, 0.05) is 38.6 Å². The second kappa shape index (κ2) is 8.38. The van der Waals surface area contributed by atoms with E-state index in [1.54, 1.807) is 17.3 Å². The maximum atomic E-state index is 12.8. The Kier molecular flexibility index (Phi) is 5.96. The first-order valence-corrected chi connectivity index (χ1v) is 9.11. The molecule has 0 aliphatic carbocycles. The standard InChI is InChI=1S/C20H26N4O2/c1-16-12-23-18(14-22-16)13-21-15-20(26)9-5-10-24(19(20)25)11-8-17-6-3-2-4-7-17/h2-4,6-7,12,14,21,26H,5,8-11,13,15H2,1H3. The van der Waals surface area contributed by atoms with Crippen LogP contribution in [0, 0.1) is 6.92 Å². The highest BCUT2D eigenvalue weighted by molar-refractivity contribution is 5.86. The van der Waals surface area contributed by atoms with Gasteiger partial charge in [-0.15, -0.1) is 0 Å². The van der Waals surface area contributed by atoms with Crippen LogP contribution in [0.15, 0.2) is 42.7 Å². The Labute approximate surface area is 154 Å². The molecule has 0 spiro atoms. The van der Waals surface area contributed by atoms with Crippen molar-refractivity contribution in [1.29, 1.82) is 0 Å². The van der Waals surface area contributed by atoms with Gasteiger partial charge in [0.1, 0.15) is 0 Å². The van der Waals surface area contributed by atoms with Crippen LogP contribution in [0.2, 0.25) is 0 Å². The van der Waals surface area contributed by atoms with Crippen LogP contribution in [-0.2, 0) is 17.8 Å². The van der Waals surface area contributed by atoms with Crippen LogP contribution in [0.4, 0.5) is 0 Å². The van der Waals surface area contributed by atoms with Crippen molar-refractivity contribution in [2.45, 2.75) is 38.3 Å². The summed E-state index contributed by atoms with van der Waals surface area (Å²) in [6, 6.07) is 10.1. The molecule has 1 aromatic carbocycles. The van der Waals surface area contributed by atoms with Crippen LogP contribution in [-0.4, -0.2) is 51.1 Å². The van der Waals surface area contributed by atoms with Crippen LogP contribution in [0.25, 0.3) is 0 Å². The van der Waals surface area contributed by atoms with Gasteiger partial charge in [0.15, 0.2) is 5.60 Å². The van der Waals surface area contributed by atoms with Crippen molar-refractivity contribution in [2.24, 2.45) is 0 Å². The molecule has 26 heavy (non-hydrogen) atoms. The number of benzene rings is 1. The summed E-state index contributed by atoms with van der Waals surface area (Å²) < 4.78 is 0. The van der Waals surface area contributed by atoms with Crippen molar-refractivity contribution in [1.82, 2.24) is 20.2 Å². The molecule has 0 bridgehead atoms. The molecule has 2 heterocycles. The molecular formula is C20H26N4O2. The number of likely N-dealkylation sites (tertiary alicyclic amines) is 1. The highest BCUT2D eigenvalue weighted by Gasteiger charge is 2.41. The van der Waals surface area contributed by atoms with E-state index < -0.39 is 5.60 Å². The third-order valence-corrected chi connectivity index (χ3v) is 4.77. The zero-order valence-corrected chi connectivity index (χ0v) is 15.2. The summed E-state index contributed by atoms with van der Waals surface area (Å²) in [6.07, 6.45) is 5.52. The largest absolute Gasteiger partial charge is 0.379 e. The van der Waals surface area contributed by atoms with Gasteiger partial charge in [0.2, 0.25) is 0 Å². The highest BCUT2D eigenvalue weighted by atomic mass is 16.3. The number of nitrogens with zero attached hydrogens (tertiary/aromatic N) is 3. The Morgan fingerprint density at radius 1 is 1.23 bits per heavy atom. The molecule has 6 nitrogen and oxygen atoms in total. The van der Waals surface area contributed by atoms with Gasteiger partial charge < -0.3 is 15.3 Å². The number of aryl methyl sites for hydroxylation is 1. The van der Waals surface area contributed by atoms with Crippen molar-refractivity contribution < 1.29 is 9.90 Å². The van der Waals surface area contributed by atoms with E-state index in [4.69, 9.17) is 0 Å². The number of carbonyl (C=O) groups excluding carboxylic acids is 1. The Hall–Kier alpha value is -2.31. The highest BCUT2D eigenvalue weighted by Crippen LogP contribution is 2.22. The van der Waals surface area contributed by atoms with E-state index in [-0.39, 0.29) is 12.5 Å². The molecule has 3 rings (SSSR count). The number of aliphatic hydroxyl groups is 1. The smallest absolute Gasteiger partial charge is 0.255 e. The summed E-state index contributed by atoms with van der Waals surface area (Å²) in [7, 11) is 0. The number of piperidine rings is 1. The molecule has 6 heteroatoms. The van der Waals surface area contributed by atoms with E-state index in [0.29, 0.717) is 26.1 Å². The molecule has 1 amide bonds. The lowest BCUT2D eigenvalue weighted by Gasteiger charge is -2.38. The van der Waals surface area contributed by atoms with E-state index in [2.05, 4.69) is 27.4 Å². The molecule has 1 atom stereocenters. The first kappa shape index (κ1) is 18.5. The summed E-state index contributed by atoms with van der Waals surface area (Å²) in [6.45, 7) is 3.93. The molecule has 1 aromatic heterocycles. The summed E-state index contributed by atoms with van der Waals surface area (Å²) in [4.78, 5) is 23.0. The molecule has 1 fully saturated rings. The summed E-state index contributed by atoms with van der Waals surface area (Å²) in [5, 5.41) is 14.0. The van der Waals surface area contributed by atoms with E-state index in [1.165, 1.54) is 5.56 Å². The predicted octanol–water partition coefficient (Wildman–Crippen LogP) is 1.47. The van der Waals surface area contributed by atoms with Crippen LogP contribution >= 0.6 is 0 Å². The molecule has 1 aliphatic rings. The molecule has 138 valence electrons. The van der Waals surface area contributed by atoms with E-state index in [9.17, 15) is 9.90 Å². The zero-order chi connectivity index (χ0) is 18.4. The fourth-order valence-electron chi connectivity index (χ4n) is 3.26. The van der Waals surface area contributed by atoms with Crippen LogP contribution in [0.3, 0.4) is 0 Å². The van der Waals surface area contributed by atoms with Gasteiger partial charge in [-0.3, -0.25) is 14.8 Å². The third-order valence-electron chi connectivity index (χ3n) is 4.77. The van der Waals surface area contributed by atoms with Crippen molar-refractivity contribution in [3.63, 3.8) is 0 Å². The minimum absolute atomic E-state index is 0.179. The average Bonchev–Trinajstić information content (AvgIpc) is 2.66. The Morgan fingerprint density at radius 2 is 2.04 bits per heavy atom. The van der Waals surface area contributed by atoms with Crippen LogP contribution in [0.5, 0.6) is 0 Å². The molecule has 2 aromatic rings. The summed E-state index contributed by atoms with van der Waals surface area (Å²) in [5.41, 5.74) is 1.52. The number of amides is 1. The number of carbonyl (C=O) groups is 1. The topological polar surface area (TPSA) is 78.4 Å². The number of nitrogens with one attached hydrogen (secondary N) is 1. The fraction of sp³-hybridized carbons (Fsp3) is 0.450. The number of aromatic nitrogens is 2. The molecule has 1 aliphatic heterocycles. The molecule has 0 saturated carbocycles. The second-order valence-electron chi connectivity index (χ2n) is 6.92.